The van der Waals surface area contributed by atoms with Crippen LogP contribution >= 0.6 is 0 Å². The van der Waals surface area contributed by atoms with Crippen molar-refractivity contribution in [2.75, 3.05) is 26.7 Å². The molecule has 1 heterocycles. The number of hydrogen-bond donors (Lipinski definition) is 2. The first-order valence-corrected chi connectivity index (χ1v) is 9.47. The van der Waals surface area contributed by atoms with E-state index in [1.807, 2.05) is 6.08 Å². The van der Waals surface area contributed by atoms with Crippen LogP contribution in [-0.2, 0) is 4.74 Å². The van der Waals surface area contributed by atoms with Crippen LogP contribution in [0.3, 0.4) is 0 Å². The van der Waals surface area contributed by atoms with Crippen molar-refractivity contribution in [2.24, 2.45) is 11.7 Å². The molecule has 142 valence electrons. The van der Waals surface area contributed by atoms with Gasteiger partial charge in [-0.2, -0.15) is 0 Å². The van der Waals surface area contributed by atoms with E-state index in [1.165, 1.54) is 5.57 Å². The lowest BCUT2D eigenvalue weighted by Crippen LogP contribution is -2.33. The van der Waals surface area contributed by atoms with Gasteiger partial charge in [0.2, 0.25) is 0 Å². The van der Waals surface area contributed by atoms with Crippen molar-refractivity contribution in [3.63, 3.8) is 0 Å². The number of rotatable bonds is 10. The Morgan fingerprint density at radius 2 is 2.24 bits per heavy atom. The van der Waals surface area contributed by atoms with Gasteiger partial charge in [-0.15, -0.1) is 0 Å². The standard InChI is InChI=1S/C21H37N3O/c1-6-19(4)24(5)15-18(3)23-13-9-11-21-14-17(2)20(16-25-21)10-7-8-12-22/h8,10-12,17,19,23H,3,6-7,9,13-16,22H2,1-2,4-5H3/b12-8+,20-10-,21-11+/t17?,19-/m0/s1. The minimum atomic E-state index is 0.540. The lowest BCUT2D eigenvalue weighted by atomic mass is 9.93. The molecule has 3 N–H and O–H groups in total. The molecule has 0 spiro atoms. The van der Waals surface area contributed by atoms with E-state index in [0.717, 1.165) is 50.2 Å². The van der Waals surface area contributed by atoms with Crippen molar-refractivity contribution in [1.29, 1.82) is 0 Å². The van der Waals surface area contributed by atoms with E-state index in [9.17, 15) is 0 Å². The summed E-state index contributed by atoms with van der Waals surface area (Å²) in [5.41, 5.74) is 7.82. The minimum Gasteiger partial charge on any atom is -0.494 e. The number of nitrogens with two attached hydrogens (primary N) is 1. The van der Waals surface area contributed by atoms with Crippen LogP contribution in [0, 0.1) is 5.92 Å². The molecular formula is C21H37N3O. The first-order valence-electron chi connectivity index (χ1n) is 9.47. The highest BCUT2D eigenvalue weighted by atomic mass is 16.5. The molecule has 4 nitrogen and oxygen atoms in total. The van der Waals surface area contributed by atoms with Gasteiger partial charge < -0.3 is 15.8 Å². The van der Waals surface area contributed by atoms with Crippen molar-refractivity contribution < 1.29 is 4.74 Å². The van der Waals surface area contributed by atoms with Gasteiger partial charge >= 0.3 is 0 Å². The summed E-state index contributed by atoms with van der Waals surface area (Å²) in [7, 11) is 2.15. The van der Waals surface area contributed by atoms with Crippen molar-refractivity contribution in [3.05, 3.63) is 48.0 Å². The fraction of sp³-hybridized carbons (Fsp3) is 0.619. The average Bonchev–Trinajstić information content (AvgIpc) is 2.59. The molecule has 1 rings (SSSR count). The zero-order valence-corrected chi connectivity index (χ0v) is 16.6. The van der Waals surface area contributed by atoms with Crippen molar-refractivity contribution >= 4 is 0 Å². The van der Waals surface area contributed by atoms with Gasteiger partial charge in [-0.25, -0.2) is 0 Å². The van der Waals surface area contributed by atoms with E-state index < -0.39 is 0 Å². The van der Waals surface area contributed by atoms with Gasteiger partial charge in [0.1, 0.15) is 6.61 Å². The first-order chi connectivity index (χ1) is 12.0. The van der Waals surface area contributed by atoms with E-state index in [0.29, 0.717) is 18.6 Å². The third kappa shape index (κ3) is 8.30. The summed E-state index contributed by atoms with van der Waals surface area (Å²) in [5.74, 6) is 1.65. The van der Waals surface area contributed by atoms with Gasteiger partial charge in [-0.3, -0.25) is 4.90 Å². The monoisotopic (exact) mass is 347 g/mol. The Morgan fingerprint density at radius 3 is 2.88 bits per heavy atom. The van der Waals surface area contributed by atoms with Crippen LogP contribution < -0.4 is 11.1 Å². The molecule has 0 bridgehead atoms. The Kier molecular flexibility index (Phi) is 10.1. The summed E-state index contributed by atoms with van der Waals surface area (Å²) < 4.78 is 5.89. The number of allylic oxidation sites excluding steroid dienone is 3. The van der Waals surface area contributed by atoms with E-state index in [-0.39, 0.29) is 0 Å². The summed E-state index contributed by atoms with van der Waals surface area (Å²) >= 11 is 0. The van der Waals surface area contributed by atoms with Crippen LogP contribution in [0.25, 0.3) is 0 Å². The Bertz CT molecular complexity index is 493. The topological polar surface area (TPSA) is 50.5 Å². The summed E-state index contributed by atoms with van der Waals surface area (Å²) in [5, 5.41) is 3.42. The molecule has 0 aliphatic carbocycles. The quantitative estimate of drug-likeness (QED) is 0.464. The summed E-state index contributed by atoms with van der Waals surface area (Å²) in [6.07, 6.45) is 12.0. The maximum absolute atomic E-state index is 5.89. The summed E-state index contributed by atoms with van der Waals surface area (Å²) in [6, 6.07) is 0.584. The number of nitrogens with one attached hydrogen (secondary N) is 1. The van der Waals surface area contributed by atoms with Crippen molar-refractivity contribution in [1.82, 2.24) is 10.2 Å². The average molecular weight is 348 g/mol. The molecule has 1 aliphatic heterocycles. The summed E-state index contributed by atoms with van der Waals surface area (Å²) in [4.78, 5) is 2.33. The van der Waals surface area contributed by atoms with Crippen molar-refractivity contribution in [3.8, 4) is 0 Å². The van der Waals surface area contributed by atoms with Gasteiger partial charge in [-0.1, -0.05) is 32.6 Å². The van der Waals surface area contributed by atoms with Gasteiger partial charge in [0.15, 0.2) is 0 Å². The highest BCUT2D eigenvalue weighted by Gasteiger charge is 2.18. The largest absolute Gasteiger partial charge is 0.494 e. The molecule has 25 heavy (non-hydrogen) atoms. The van der Waals surface area contributed by atoms with E-state index >= 15 is 0 Å². The molecule has 0 aromatic rings. The highest BCUT2D eigenvalue weighted by Crippen LogP contribution is 2.27. The highest BCUT2D eigenvalue weighted by molar-refractivity contribution is 5.16. The fourth-order valence-corrected chi connectivity index (χ4v) is 2.82. The Balaban J connectivity index is 2.29. The maximum atomic E-state index is 5.89. The lowest BCUT2D eigenvalue weighted by Gasteiger charge is -2.26. The zero-order chi connectivity index (χ0) is 18.7. The minimum absolute atomic E-state index is 0.540. The van der Waals surface area contributed by atoms with Gasteiger partial charge in [0.25, 0.3) is 0 Å². The molecule has 1 saturated heterocycles. The number of likely N-dealkylation sites (N-methyl/N-ethyl adjacent to an activating group) is 1. The Labute approximate surface area is 154 Å². The molecule has 0 aromatic heterocycles. The molecule has 4 heteroatoms. The van der Waals surface area contributed by atoms with Crippen LogP contribution in [0.5, 0.6) is 0 Å². The van der Waals surface area contributed by atoms with Crippen molar-refractivity contribution in [2.45, 2.75) is 52.5 Å². The Hall–Kier alpha value is -1.68. The fourth-order valence-electron chi connectivity index (χ4n) is 2.82. The predicted octanol–water partition coefficient (Wildman–Crippen LogP) is 3.94. The first kappa shape index (κ1) is 21.4. The van der Waals surface area contributed by atoms with Crippen LogP contribution in [0.15, 0.2) is 48.0 Å². The second-order valence-corrected chi connectivity index (χ2v) is 7.00. The lowest BCUT2D eigenvalue weighted by molar-refractivity contribution is 0.182. The van der Waals surface area contributed by atoms with E-state index in [2.05, 4.69) is 56.8 Å². The van der Waals surface area contributed by atoms with Gasteiger partial charge in [0.05, 0.1) is 5.76 Å². The molecule has 1 aliphatic rings. The Morgan fingerprint density at radius 1 is 1.48 bits per heavy atom. The summed E-state index contributed by atoms with van der Waals surface area (Å²) in [6.45, 7) is 13.3. The molecule has 0 radical (unpaired) electrons. The van der Waals surface area contributed by atoms with Crippen LogP contribution in [0.1, 0.15) is 46.5 Å². The maximum Gasteiger partial charge on any atom is 0.109 e. The molecule has 2 atom stereocenters. The van der Waals surface area contributed by atoms with Gasteiger partial charge in [-0.05, 0) is 57.0 Å². The van der Waals surface area contributed by atoms with Crippen LogP contribution in [0.2, 0.25) is 0 Å². The normalized spacial score (nSPS) is 22.5. The van der Waals surface area contributed by atoms with E-state index in [4.69, 9.17) is 10.5 Å². The molecule has 0 aromatic carbocycles. The molecule has 1 fully saturated rings. The van der Waals surface area contributed by atoms with Gasteiger partial charge in [0, 0.05) is 31.2 Å². The predicted molar refractivity (Wildman–Crippen MR) is 108 cm³/mol. The number of ether oxygens (including phenoxy) is 1. The zero-order valence-electron chi connectivity index (χ0n) is 16.6. The molecule has 1 unspecified atom stereocenters. The third-order valence-corrected chi connectivity index (χ3v) is 4.89. The van der Waals surface area contributed by atoms with E-state index in [1.54, 1.807) is 6.20 Å². The third-order valence-electron chi connectivity index (χ3n) is 4.89. The smallest absolute Gasteiger partial charge is 0.109 e. The number of hydrogen-bond acceptors (Lipinski definition) is 4. The second-order valence-electron chi connectivity index (χ2n) is 7.00. The van der Waals surface area contributed by atoms with Crippen LogP contribution in [-0.4, -0.2) is 37.7 Å². The SMILES string of the molecule is C=C(CN(C)[C@@H](C)CC)NCC/C=C1\CC(C)/C(=C\C/C=C/N)CO1. The second kappa shape index (κ2) is 11.8. The molecular weight excluding hydrogens is 310 g/mol. The number of nitrogens with zero attached hydrogens (tertiary/aromatic N) is 1. The van der Waals surface area contributed by atoms with Crippen LogP contribution in [0.4, 0.5) is 0 Å². The molecule has 0 amide bonds. The molecule has 0 saturated carbocycles.